The van der Waals surface area contributed by atoms with E-state index in [1.54, 1.807) is 0 Å². The molecule has 0 aliphatic rings. The van der Waals surface area contributed by atoms with Crippen LogP contribution in [-0.2, 0) is 4.79 Å². The Balaban J connectivity index is 3.53. The number of carbonyl (C=O) groups excluding carboxylic acids is 1. The van der Waals surface area contributed by atoms with Crippen molar-refractivity contribution in [3.05, 3.63) is 0 Å². The van der Waals surface area contributed by atoms with Gasteiger partial charge in [0.2, 0.25) is 5.91 Å². The molecule has 17 heavy (non-hydrogen) atoms. The van der Waals surface area contributed by atoms with E-state index in [1.165, 1.54) is 18.6 Å². The van der Waals surface area contributed by atoms with Crippen LogP contribution in [-0.4, -0.2) is 30.5 Å². The fourth-order valence-corrected chi connectivity index (χ4v) is 1.85. The lowest BCUT2D eigenvalue weighted by molar-refractivity contribution is -0.121. The second kappa shape index (κ2) is 8.81. The average molecular weight is 260 g/mol. The summed E-state index contributed by atoms with van der Waals surface area (Å²) in [7, 11) is 0. The third kappa shape index (κ3) is 9.48. The van der Waals surface area contributed by atoms with Gasteiger partial charge in [0.25, 0.3) is 0 Å². The lowest BCUT2D eigenvalue weighted by atomic mass is 9.85. The van der Waals surface area contributed by atoms with Crippen LogP contribution in [0.3, 0.4) is 0 Å². The van der Waals surface area contributed by atoms with Crippen LogP contribution in [0.5, 0.6) is 0 Å². The van der Waals surface area contributed by atoms with Crippen molar-refractivity contribution in [1.82, 2.24) is 5.32 Å². The molecule has 3 N–H and O–H groups in total. The summed E-state index contributed by atoms with van der Waals surface area (Å²) < 4.78 is 0. The maximum Gasteiger partial charge on any atom is 0.221 e. The van der Waals surface area contributed by atoms with Gasteiger partial charge in [0.1, 0.15) is 0 Å². The predicted octanol–water partition coefficient (Wildman–Crippen LogP) is 2.40. The molecule has 1 atom stereocenters. The number of rotatable bonds is 8. The van der Waals surface area contributed by atoms with Crippen LogP contribution in [0, 0.1) is 5.41 Å². The van der Waals surface area contributed by atoms with E-state index in [1.807, 2.05) is 11.8 Å². The Kier molecular flexibility index (Phi) is 8.70. The van der Waals surface area contributed by atoms with Gasteiger partial charge >= 0.3 is 0 Å². The summed E-state index contributed by atoms with van der Waals surface area (Å²) in [4.78, 5) is 11.6. The molecular weight excluding hydrogens is 232 g/mol. The summed E-state index contributed by atoms with van der Waals surface area (Å²) in [6.07, 6.45) is 6.03. The summed E-state index contributed by atoms with van der Waals surface area (Å²) in [5, 5.41) is 2.94. The number of hydrogen-bond acceptors (Lipinski definition) is 3. The molecule has 1 amide bonds. The Morgan fingerprint density at radius 1 is 1.29 bits per heavy atom. The standard InChI is InChI=1S/C13H28N2OS/c1-13(2,3)11(14)10-12(16)15-8-6-5-7-9-17-4/h11H,5-10,14H2,1-4H3,(H,15,16). The highest BCUT2D eigenvalue weighted by atomic mass is 32.2. The van der Waals surface area contributed by atoms with Crippen molar-refractivity contribution >= 4 is 17.7 Å². The largest absolute Gasteiger partial charge is 0.356 e. The summed E-state index contributed by atoms with van der Waals surface area (Å²) in [6.45, 7) is 6.97. The van der Waals surface area contributed by atoms with Gasteiger partial charge in [0.15, 0.2) is 0 Å². The smallest absolute Gasteiger partial charge is 0.221 e. The van der Waals surface area contributed by atoms with Gasteiger partial charge in [-0.25, -0.2) is 0 Å². The molecule has 0 saturated carbocycles. The molecule has 4 heteroatoms. The van der Waals surface area contributed by atoms with Crippen molar-refractivity contribution in [2.75, 3.05) is 18.6 Å². The van der Waals surface area contributed by atoms with E-state index in [0.29, 0.717) is 6.42 Å². The van der Waals surface area contributed by atoms with E-state index in [0.717, 1.165) is 13.0 Å². The summed E-state index contributed by atoms with van der Waals surface area (Å²) in [5.74, 6) is 1.29. The van der Waals surface area contributed by atoms with Crippen molar-refractivity contribution in [3.63, 3.8) is 0 Å². The SMILES string of the molecule is CSCCCCCNC(=O)CC(N)C(C)(C)C. The van der Waals surface area contributed by atoms with Crippen LogP contribution in [0.1, 0.15) is 46.5 Å². The third-order valence-corrected chi connectivity index (χ3v) is 3.56. The number of carbonyl (C=O) groups is 1. The molecule has 0 aliphatic carbocycles. The first-order valence-electron chi connectivity index (χ1n) is 6.39. The second-order valence-corrected chi connectivity index (χ2v) is 6.57. The topological polar surface area (TPSA) is 55.1 Å². The number of nitrogens with two attached hydrogens (primary N) is 1. The predicted molar refractivity (Wildman–Crippen MR) is 77.3 cm³/mol. The minimum atomic E-state index is -0.0704. The van der Waals surface area contributed by atoms with Gasteiger partial charge < -0.3 is 11.1 Å². The van der Waals surface area contributed by atoms with Crippen LogP contribution >= 0.6 is 11.8 Å². The van der Waals surface area contributed by atoms with Crippen molar-refractivity contribution in [1.29, 1.82) is 0 Å². The molecule has 0 aromatic heterocycles. The summed E-state index contributed by atoms with van der Waals surface area (Å²) >= 11 is 1.87. The average Bonchev–Trinajstić information content (AvgIpc) is 2.21. The number of nitrogens with one attached hydrogen (secondary N) is 1. The molecule has 0 radical (unpaired) electrons. The molecular formula is C13H28N2OS. The summed E-state index contributed by atoms with van der Waals surface area (Å²) in [6, 6.07) is -0.0704. The highest BCUT2D eigenvalue weighted by Gasteiger charge is 2.22. The Labute approximate surface area is 110 Å². The monoisotopic (exact) mass is 260 g/mol. The molecule has 0 aromatic carbocycles. The first kappa shape index (κ1) is 16.8. The molecule has 0 fully saturated rings. The van der Waals surface area contributed by atoms with E-state index < -0.39 is 0 Å². The van der Waals surface area contributed by atoms with Crippen LogP contribution in [0.2, 0.25) is 0 Å². The van der Waals surface area contributed by atoms with Gasteiger partial charge in [-0.1, -0.05) is 27.2 Å². The van der Waals surface area contributed by atoms with Crippen molar-refractivity contribution in [2.24, 2.45) is 11.1 Å². The third-order valence-electron chi connectivity index (χ3n) is 2.87. The van der Waals surface area contributed by atoms with Crippen LogP contribution in [0.15, 0.2) is 0 Å². The maximum atomic E-state index is 11.6. The van der Waals surface area contributed by atoms with Crippen LogP contribution in [0.25, 0.3) is 0 Å². The zero-order valence-corrected chi connectivity index (χ0v) is 12.5. The fraction of sp³-hybridized carbons (Fsp3) is 0.923. The molecule has 0 rings (SSSR count). The van der Waals surface area contributed by atoms with Crippen LogP contribution < -0.4 is 11.1 Å². The van der Waals surface area contributed by atoms with Gasteiger partial charge in [-0.2, -0.15) is 11.8 Å². The lowest BCUT2D eigenvalue weighted by Crippen LogP contribution is -2.40. The van der Waals surface area contributed by atoms with Gasteiger partial charge in [-0.05, 0) is 30.3 Å². The molecule has 0 heterocycles. The van der Waals surface area contributed by atoms with Crippen molar-refractivity contribution < 1.29 is 4.79 Å². The number of hydrogen-bond donors (Lipinski definition) is 2. The van der Waals surface area contributed by atoms with Gasteiger partial charge in [-0.3, -0.25) is 4.79 Å². The molecule has 0 spiro atoms. The van der Waals surface area contributed by atoms with E-state index >= 15 is 0 Å². The lowest BCUT2D eigenvalue weighted by Gasteiger charge is -2.26. The van der Waals surface area contributed by atoms with Gasteiger partial charge in [0, 0.05) is 19.0 Å². The molecule has 0 aliphatic heterocycles. The van der Waals surface area contributed by atoms with Gasteiger partial charge in [0.05, 0.1) is 0 Å². The van der Waals surface area contributed by atoms with Gasteiger partial charge in [-0.15, -0.1) is 0 Å². The highest BCUT2D eigenvalue weighted by Crippen LogP contribution is 2.19. The highest BCUT2D eigenvalue weighted by molar-refractivity contribution is 7.98. The minimum Gasteiger partial charge on any atom is -0.356 e. The van der Waals surface area contributed by atoms with E-state index in [-0.39, 0.29) is 17.4 Å². The number of unbranched alkanes of at least 4 members (excludes halogenated alkanes) is 2. The molecule has 0 bridgehead atoms. The molecule has 0 saturated heterocycles. The Hall–Kier alpha value is -0.220. The zero-order valence-electron chi connectivity index (χ0n) is 11.7. The normalized spacial score (nSPS) is 13.5. The Morgan fingerprint density at radius 3 is 2.47 bits per heavy atom. The van der Waals surface area contributed by atoms with E-state index in [4.69, 9.17) is 5.73 Å². The second-order valence-electron chi connectivity index (χ2n) is 5.58. The molecule has 102 valence electrons. The molecule has 1 unspecified atom stereocenters. The number of thioether (sulfide) groups is 1. The Bertz CT molecular complexity index is 214. The minimum absolute atomic E-state index is 0.00428. The first-order valence-corrected chi connectivity index (χ1v) is 7.78. The van der Waals surface area contributed by atoms with Crippen LogP contribution in [0.4, 0.5) is 0 Å². The van der Waals surface area contributed by atoms with E-state index in [2.05, 4.69) is 32.3 Å². The van der Waals surface area contributed by atoms with Crippen molar-refractivity contribution in [2.45, 2.75) is 52.5 Å². The fourth-order valence-electron chi connectivity index (χ4n) is 1.35. The maximum absolute atomic E-state index is 11.6. The molecule has 3 nitrogen and oxygen atoms in total. The summed E-state index contributed by atoms with van der Waals surface area (Å²) in [5.41, 5.74) is 5.95. The Morgan fingerprint density at radius 2 is 1.94 bits per heavy atom. The molecule has 0 aromatic rings. The van der Waals surface area contributed by atoms with Crippen molar-refractivity contribution in [3.8, 4) is 0 Å². The quantitative estimate of drug-likeness (QED) is 0.659. The van der Waals surface area contributed by atoms with E-state index in [9.17, 15) is 4.79 Å². The first-order chi connectivity index (χ1) is 7.88. The zero-order chi connectivity index (χ0) is 13.3. The number of amides is 1.